The molecule has 1 saturated heterocycles. The van der Waals surface area contributed by atoms with E-state index in [1.807, 2.05) is 72.6 Å². The van der Waals surface area contributed by atoms with Gasteiger partial charge in [0, 0.05) is 32.7 Å². The Morgan fingerprint density at radius 3 is 1.79 bits per heavy atom. The minimum Gasteiger partial charge on any atom is -0.372 e. The van der Waals surface area contributed by atoms with E-state index in [1.54, 1.807) is 0 Å². The number of benzene rings is 3. The van der Waals surface area contributed by atoms with Crippen molar-refractivity contribution in [3.8, 4) is 0 Å². The molecule has 1 aliphatic carbocycles. The standard InChI is InChI=1S/C29H32N2O2/c1-30(27-23-17-18-24(27)21-31(20-23)19-22-11-5-2-6-12-22)28(32)29(33,25-13-7-3-8-14-25)26-15-9-4-10-16-26/h2-16,23-24,27,33H,17-21H2,1H3. The maximum Gasteiger partial charge on any atom is 0.263 e. The Bertz CT molecular complexity index is 1020. The number of likely N-dealkylation sites (tertiary alicyclic amines) is 1. The predicted molar refractivity (Wildman–Crippen MR) is 130 cm³/mol. The van der Waals surface area contributed by atoms with Crippen molar-refractivity contribution in [1.82, 2.24) is 9.80 Å². The lowest BCUT2D eigenvalue weighted by Gasteiger charge is -2.44. The molecule has 170 valence electrons. The van der Waals surface area contributed by atoms with Gasteiger partial charge in [0.2, 0.25) is 0 Å². The first-order valence-corrected chi connectivity index (χ1v) is 11.9. The van der Waals surface area contributed by atoms with Crippen molar-refractivity contribution < 1.29 is 9.90 Å². The number of carbonyl (C=O) groups is 1. The summed E-state index contributed by atoms with van der Waals surface area (Å²) < 4.78 is 0. The number of nitrogens with zero attached hydrogens (tertiary/aromatic N) is 2. The van der Waals surface area contributed by atoms with E-state index >= 15 is 0 Å². The molecule has 33 heavy (non-hydrogen) atoms. The maximum absolute atomic E-state index is 14.0. The van der Waals surface area contributed by atoms with Crippen LogP contribution in [0.2, 0.25) is 0 Å². The molecule has 2 fully saturated rings. The van der Waals surface area contributed by atoms with Crippen molar-refractivity contribution in [2.24, 2.45) is 11.8 Å². The first-order chi connectivity index (χ1) is 16.1. The first-order valence-electron chi connectivity index (χ1n) is 11.9. The topological polar surface area (TPSA) is 43.8 Å². The van der Waals surface area contributed by atoms with Gasteiger partial charge >= 0.3 is 0 Å². The normalized spacial score (nSPS) is 22.8. The molecular formula is C29H32N2O2. The minimum absolute atomic E-state index is 0.156. The minimum atomic E-state index is -1.70. The quantitative estimate of drug-likeness (QED) is 0.622. The molecule has 5 rings (SSSR count). The molecule has 2 bridgehead atoms. The average molecular weight is 441 g/mol. The Labute approximate surface area is 196 Å². The summed E-state index contributed by atoms with van der Waals surface area (Å²) in [6.45, 7) is 2.93. The highest BCUT2D eigenvalue weighted by Crippen LogP contribution is 2.42. The van der Waals surface area contributed by atoms with Gasteiger partial charge in [-0.1, -0.05) is 91.0 Å². The van der Waals surface area contributed by atoms with E-state index < -0.39 is 5.60 Å². The van der Waals surface area contributed by atoms with Gasteiger partial charge in [-0.15, -0.1) is 0 Å². The van der Waals surface area contributed by atoms with E-state index in [0.717, 1.165) is 32.5 Å². The molecule has 3 aromatic carbocycles. The largest absolute Gasteiger partial charge is 0.372 e. The van der Waals surface area contributed by atoms with Gasteiger partial charge in [0.1, 0.15) is 0 Å². The van der Waals surface area contributed by atoms with Gasteiger partial charge in [0.25, 0.3) is 5.91 Å². The van der Waals surface area contributed by atoms with Crippen molar-refractivity contribution in [3.63, 3.8) is 0 Å². The Balaban J connectivity index is 1.39. The summed E-state index contributed by atoms with van der Waals surface area (Å²) in [6, 6.07) is 29.5. The Kier molecular flexibility index (Phi) is 6.05. The molecule has 0 radical (unpaired) electrons. The highest BCUT2D eigenvalue weighted by Gasteiger charge is 2.50. The monoisotopic (exact) mass is 440 g/mol. The fraction of sp³-hybridized carbons (Fsp3) is 0.345. The summed E-state index contributed by atoms with van der Waals surface area (Å²) in [7, 11) is 1.89. The van der Waals surface area contributed by atoms with E-state index in [9.17, 15) is 9.90 Å². The Morgan fingerprint density at radius 1 is 0.848 bits per heavy atom. The Morgan fingerprint density at radius 2 is 1.30 bits per heavy atom. The number of likely N-dealkylation sites (N-methyl/N-ethyl adjacent to an activating group) is 1. The number of piperidine rings is 1. The molecule has 3 aromatic rings. The fourth-order valence-corrected chi connectivity index (χ4v) is 6.06. The number of rotatable bonds is 6. The molecular weight excluding hydrogens is 408 g/mol. The van der Waals surface area contributed by atoms with E-state index in [1.165, 1.54) is 5.56 Å². The molecule has 1 saturated carbocycles. The molecule has 4 nitrogen and oxygen atoms in total. The number of fused-ring (bicyclic) bond motifs is 2. The molecule has 1 amide bonds. The molecule has 2 aliphatic rings. The highest BCUT2D eigenvalue weighted by molar-refractivity contribution is 5.90. The summed E-state index contributed by atoms with van der Waals surface area (Å²) in [5.74, 6) is 0.618. The van der Waals surface area contributed by atoms with E-state index in [0.29, 0.717) is 23.0 Å². The van der Waals surface area contributed by atoms with Gasteiger partial charge < -0.3 is 10.0 Å². The molecule has 4 heteroatoms. The SMILES string of the molecule is CN(C(=O)C(O)(c1ccccc1)c1ccccc1)C1C2CCC1CN(Cc1ccccc1)C2. The third-order valence-corrected chi connectivity index (χ3v) is 7.57. The van der Waals surface area contributed by atoms with E-state index in [4.69, 9.17) is 0 Å². The van der Waals surface area contributed by atoms with Crippen molar-refractivity contribution in [2.45, 2.75) is 31.0 Å². The van der Waals surface area contributed by atoms with Crippen molar-refractivity contribution in [1.29, 1.82) is 0 Å². The lowest BCUT2D eigenvalue weighted by atomic mass is 9.83. The van der Waals surface area contributed by atoms with Crippen LogP contribution in [0.5, 0.6) is 0 Å². The number of carbonyl (C=O) groups excluding carboxylic acids is 1. The molecule has 1 N–H and O–H groups in total. The van der Waals surface area contributed by atoms with Crippen LogP contribution >= 0.6 is 0 Å². The smallest absolute Gasteiger partial charge is 0.263 e. The summed E-state index contributed by atoms with van der Waals surface area (Å²) in [5, 5.41) is 12.0. The average Bonchev–Trinajstić information content (AvgIpc) is 3.14. The van der Waals surface area contributed by atoms with Crippen LogP contribution in [0.3, 0.4) is 0 Å². The lowest BCUT2D eigenvalue weighted by Crippen LogP contribution is -2.57. The van der Waals surface area contributed by atoms with E-state index in [2.05, 4.69) is 35.2 Å². The second kappa shape index (κ2) is 9.12. The summed E-state index contributed by atoms with van der Waals surface area (Å²) in [5.41, 5.74) is 0.865. The number of hydrogen-bond acceptors (Lipinski definition) is 3. The van der Waals surface area contributed by atoms with Gasteiger partial charge in [-0.2, -0.15) is 0 Å². The van der Waals surface area contributed by atoms with Gasteiger partial charge in [-0.3, -0.25) is 9.69 Å². The van der Waals surface area contributed by atoms with Gasteiger partial charge in [-0.05, 0) is 41.4 Å². The van der Waals surface area contributed by atoms with Gasteiger partial charge in [0.05, 0.1) is 0 Å². The van der Waals surface area contributed by atoms with E-state index in [-0.39, 0.29) is 11.9 Å². The van der Waals surface area contributed by atoms with Gasteiger partial charge in [0.15, 0.2) is 5.60 Å². The molecule has 0 spiro atoms. The Hall–Kier alpha value is -2.95. The third kappa shape index (κ3) is 4.09. The second-order valence-electron chi connectivity index (χ2n) is 9.63. The molecule has 1 aliphatic heterocycles. The number of hydrogen-bond donors (Lipinski definition) is 1. The molecule has 2 unspecified atom stereocenters. The summed E-state index contributed by atoms with van der Waals surface area (Å²) in [4.78, 5) is 18.4. The molecule has 1 heterocycles. The zero-order valence-corrected chi connectivity index (χ0v) is 19.2. The lowest BCUT2D eigenvalue weighted by molar-refractivity contribution is -0.152. The van der Waals surface area contributed by atoms with Crippen LogP contribution in [0.25, 0.3) is 0 Å². The molecule has 2 atom stereocenters. The molecule has 0 aromatic heterocycles. The summed E-state index contributed by atoms with van der Waals surface area (Å²) >= 11 is 0. The summed E-state index contributed by atoms with van der Waals surface area (Å²) in [6.07, 6.45) is 2.26. The third-order valence-electron chi connectivity index (χ3n) is 7.57. The van der Waals surface area contributed by atoms with Gasteiger partial charge in [-0.25, -0.2) is 0 Å². The highest BCUT2D eigenvalue weighted by atomic mass is 16.3. The zero-order chi connectivity index (χ0) is 22.8. The van der Waals surface area contributed by atoms with Crippen molar-refractivity contribution in [3.05, 3.63) is 108 Å². The first kappa shape index (κ1) is 21.9. The van der Waals surface area contributed by atoms with Crippen molar-refractivity contribution >= 4 is 5.91 Å². The van der Waals surface area contributed by atoms with Crippen LogP contribution in [-0.4, -0.2) is 47.0 Å². The van der Waals surface area contributed by atoms with Crippen LogP contribution in [0.15, 0.2) is 91.0 Å². The number of aliphatic hydroxyl groups is 1. The van der Waals surface area contributed by atoms with Crippen molar-refractivity contribution in [2.75, 3.05) is 20.1 Å². The zero-order valence-electron chi connectivity index (χ0n) is 19.2. The van der Waals surface area contributed by atoms with Crippen LogP contribution in [0.1, 0.15) is 29.5 Å². The van der Waals surface area contributed by atoms with Crippen LogP contribution < -0.4 is 0 Å². The fourth-order valence-electron chi connectivity index (χ4n) is 6.06. The maximum atomic E-state index is 14.0. The van der Waals surface area contributed by atoms with Crippen LogP contribution in [0, 0.1) is 11.8 Å². The van der Waals surface area contributed by atoms with Crippen LogP contribution in [-0.2, 0) is 16.9 Å². The second-order valence-corrected chi connectivity index (χ2v) is 9.63. The predicted octanol–water partition coefficient (Wildman–Crippen LogP) is 4.29. The van der Waals surface area contributed by atoms with Crippen LogP contribution in [0.4, 0.5) is 0 Å². The number of amides is 1.